The van der Waals surface area contributed by atoms with E-state index in [2.05, 4.69) is 74.4 Å². The van der Waals surface area contributed by atoms with E-state index in [-0.39, 0.29) is 0 Å². The third-order valence-corrected chi connectivity index (χ3v) is 3.07. The molecule has 0 unspecified atom stereocenters. The smallest absolute Gasteiger partial charge is 0.0440 e. The summed E-state index contributed by atoms with van der Waals surface area (Å²) >= 11 is 0. The van der Waals surface area contributed by atoms with Gasteiger partial charge in [-0.05, 0) is 23.6 Å². The Bertz CT molecular complexity index is 500. The molecule has 0 saturated heterocycles. The van der Waals surface area contributed by atoms with Crippen molar-refractivity contribution in [3.05, 3.63) is 54.1 Å². The third-order valence-electron chi connectivity index (χ3n) is 3.07. The van der Waals surface area contributed by atoms with Crippen LogP contribution in [0.25, 0.3) is 11.1 Å². The Labute approximate surface area is 104 Å². The van der Waals surface area contributed by atoms with Gasteiger partial charge in [0.05, 0.1) is 0 Å². The van der Waals surface area contributed by atoms with E-state index in [1.807, 2.05) is 0 Å². The summed E-state index contributed by atoms with van der Waals surface area (Å²) in [5.74, 6) is 0. The number of anilines is 1. The second kappa shape index (κ2) is 5.05. The fourth-order valence-electron chi connectivity index (χ4n) is 2.18. The zero-order valence-corrected chi connectivity index (χ0v) is 10.8. The molecule has 2 aromatic rings. The number of hydrogen-bond acceptors (Lipinski definition) is 1. The predicted octanol–water partition coefficient (Wildman–Crippen LogP) is 3.98. The summed E-state index contributed by atoms with van der Waals surface area (Å²) in [6.45, 7) is 2.21. The summed E-state index contributed by atoms with van der Waals surface area (Å²) in [5, 5.41) is 0. The molecular weight excluding hydrogens is 206 g/mol. The molecular formula is C16H19N. The van der Waals surface area contributed by atoms with Crippen molar-refractivity contribution in [2.45, 2.75) is 13.3 Å². The highest BCUT2D eigenvalue weighted by molar-refractivity contribution is 5.80. The van der Waals surface area contributed by atoms with E-state index >= 15 is 0 Å². The highest BCUT2D eigenvalue weighted by atomic mass is 15.1. The van der Waals surface area contributed by atoms with Crippen molar-refractivity contribution < 1.29 is 0 Å². The molecule has 0 bridgehead atoms. The third kappa shape index (κ3) is 2.33. The second-order valence-corrected chi connectivity index (χ2v) is 4.42. The maximum absolute atomic E-state index is 2.21. The predicted molar refractivity (Wildman–Crippen MR) is 75.6 cm³/mol. The maximum Gasteiger partial charge on any atom is 0.0440 e. The Kier molecular flexibility index (Phi) is 3.48. The van der Waals surface area contributed by atoms with Crippen molar-refractivity contribution in [1.82, 2.24) is 0 Å². The van der Waals surface area contributed by atoms with Crippen LogP contribution in [0.1, 0.15) is 12.5 Å². The van der Waals surface area contributed by atoms with Crippen molar-refractivity contribution in [3.8, 4) is 11.1 Å². The number of aryl methyl sites for hydroxylation is 1. The molecule has 0 aliphatic carbocycles. The normalized spacial score (nSPS) is 10.3. The van der Waals surface area contributed by atoms with Crippen LogP contribution in [0.2, 0.25) is 0 Å². The first-order valence-electron chi connectivity index (χ1n) is 6.08. The van der Waals surface area contributed by atoms with Crippen LogP contribution < -0.4 is 4.90 Å². The largest absolute Gasteiger partial charge is 0.377 e. The van der Waals surface area contributed by atoms with Gasteiger partial charge in [0.2, 0.25) is 0 Å². The topological polar surface area (TPSA) is 3.24 Å². The second-order valence-electron chi connectivity index (χ2n) is 4.42. The highest BCUT2D eigenvalue weighted by Crippen LogP contribution is 2.32. The lowest BCUT2D eigenvalue weighted by molar-refractivity contribution is 1.12. The van der Waals surface area contributed by atoms with Crippen LogP contribution in [0.3, 0.4) is 0 Å². The van der Waals surface area contributed by atoms with E-state index in [0.29, 0.717) is 0 Å². The van der Waals surface area contributed by atoms with E-state index in [1.165, 1.54) is 22.4 Å². The number of para-hydroxylation sites is 1. The molecule has 17 heavy (non-hydrogen) atoms. The molecule has 0 saturated carbocycles. The van der Waals surface area contributed by atoms with Gasteiger partial charge >= 0.3 is 0 Å². The Balaban J connectivity index is 2.60. The molecule has 2 rings (SSSR count). The summed E-state index contributed by atoms with van der Waals surface area (Å²) < 4.78 is 0. The van der Waals surface area contributed by atoms with Gasteiger partial charge in [-0.25, -0.2) is 0 Å². The number of hydrogen-bond donors (Lipinski definition) is 0. The van der Waals surface area contributed by atoms with Crippen LogP contribution in [0.4, 0.5) is 5.69 Å². The van der Waals surface area contributed by atoms with Crippen LogP contribution in [0.15, 0.2) is 48.5 Å². The van der Waals surface area contributed by atoms with E-state index in [0.717, 1.165) is 6.42 Å². The quantitative estimate of drug-likeness (QED) is 0.763. The minimum Gasteiger partial charge on any atom is -0.377 e. The van der Waals surface area contributed by atoms with Gasteiger partial charge in [-0.3, -0.25) is 0 Å². The molecule has 0 amide bonds. The van der Waals surface area contributed by atoms with Gasteiger partial charge < -0.3 is 4.90 Å². The summed E-state index contributed by atoms with van der Waals surface area (Å²) in [4.78, 5) is 2.17. The van der Waals surface area contributed by atoms with E-state index in [4.69, 9.17) is 0 Å². The van der Waals surface area contributed by atoms with E-state index in [9.17, 15) is 0 Å². The molecule has 0 spiro atoms. The lowest BCUT2D eigenvalue weighted by Gasteiger charge is -2.19. The lowest BCUT2D eigenvalue weighted by atomic mass is 9.96. The standard InChI is InChI=1S/C16H19N/c1-4-13-9-5-6-10-14(13)15-11-7-8-12-16(15)17(2)3/h5-12H,4H2,1-3H3. The average molecular weight is 225 g/mol. The summed E-state index contributed by atoms with van der Waals surface area (Å²) in [5.41, 5.74) is 5.34. The minimum atomic E-state index is 1.07. The SMILES string of the molecule is CCc1ccccc1-c1ccccc1N(C)C. The van der Waals surface area contributed by atoms with Crippen LogP contribution in [-0.4, -0.2) is 14.1 Å². The van der Waals surface area contributed by atoms with Crippen molar-refractivity contribution in [3.63, 3.8) is 0 Å². The van der Waals surface area contributed by atoms with Gasteiger partial charge in [-0.1, -0.05) is 49.4 Å². The molecule has 0 N–H and O–H groups in total. The monoisotopic (exact) mass is 225 g/mol. The van der Waals surface area contributed by atoms with E-state index < -0.39 is 0 Å². The summed E-state index contributed by atoms with van der Waals surface area (Å²) in [6.07, 6.45) is 1.07. The lowest BCUT2D eigenvalue weighted by Crippen LogP contribution is -2.10. The fraction of sp³-hybridized carbons (Fsp3) is 0.250. The molecule has 0 aliphatic rings. The first-order valence-corrected chi connectivity index (χ1v) is 6.08. The van der Waals surface area contributed by atoms with Crippen molar-refractivity contribution in [1.29, 1.82) is 0 Å². The van der Waals surface area contributed by atoms with Crippen molar-refractivity contribution in [2.24, 2.45) is 0 Å². The molecule has 0 fully saturated rings. The Hall–Kier alpha value is -1.76. The van der Waals surface area contributed by atoms with Crippen LogP contribution in [0.5, 0.6) is 0 Å². The fourth-order valence-corrected chi connectivity index (χ4v) is 2.18. The zero-order valence-electron chi connectivity index (χ0n) is 10.8. The number of nitrogens with zero attached hydrogens (tertiary/aromatic N) is 1. The molecule has 88 valence electrons. The van der Waals surface area contributed by atoms with Gasteiger partial charge in [0, 0.05) is 25.3 Å². The Morgan fingerprint density at radius 2 is 1.41 bits per heavy atom. The zero-order chi connectivity index (χ0) is 12.3. The van der Waals surface area contributed by atoms with Crippen LogP contribution in [0, 0.1) is 0 Å². The van der Waals surface area contributed by atoms with Gasteiger partial charge in [0.1, 0.15) is 0 Å². The van der Waals surface area contributed by atoms with Crippen molar-refractivity contribution >= 4 is 5.69 Å². The van der Waals surface area contributed by atoms with Gasteiger partial charge in [-0.2, -0.15) is 0 Å². The molecule has 1 nitrogen and oxygen atoms in total. The molecule has 1 heteroatoms. The van der Waals surface area contributed by atoms with Crippen LogP contribution in [-0.2, 0) is 6.42 Å². The van der Waals surface area contributed by atoms with Crippen molar-refractivity contribution in [2.75, 3.05) is 19.0 Å². The highest BCUT2D eigenvalue weighted by Gasteiger charge is 2.08. The molecule has 0 aliphatic heterocycles. The Morgan fingerprint density at radius 1 is 0.824 bits per heavy atom. The maximum atomic E-state index is 2.21. The minimum absolute atomic E-state index is 1.07. The first-order chi connectivity index (χ1) is 8.24. The average Bonchev–Trinajstić information content (AvgIpc) is 2.38. The Morgan fingerprint density at radius 3 is 2.06 bits per heavy atom. The summed E-state index contributed by atoms with van der Waals surface area (Å²) in [6, 6.07) is 17.2. The molecule has 2 aromatic carbocycles. The van der Waals surface area contributed by atoms with E-state index in [1.54, 1.807) is 0 Å². The first kappa shape index (κ1) is 11.7. The molecule has 0 heterocycles. The number of benzene rings is 2. The molecule has 0 radical (unpaired) electrons. The van der Waals surface area contributed by atoms with Crippen LogP contribution >= 0.6 is 0 Å². The number of rotatable bonds is 3. The molecule has 0 atom stereocenters. The van der Waals surface area contributed by atoms with Gasteiger partial charge in [0.25, 0.3) is 0 Å². The van der Waals surface area contributed by atoms with Gasteiger partial charge in [-0.15, -0.1) is 0 Å². The molecule has 0 aromatic heterocycles. The van der Waals surface area contributed by atoms with Gasteiger partial charge in [0.15, 0.2) is 0 Å². The summed E-state index contributed by atoms with van der Waals surface area (Å²) in [7, 11) is 4.18.